The van der Waals surface area contributed by atoms with Gasteiger partial charge in [0.1, 0.15) is 5.01 Å². The molecule has 1 aliphatic rings. The summed E-state index contributed by atoms with van der Waals surface area (Å²) in [5.41, 5.74) is 2.04. The molecule has 3 aromatic rings. The van der Waals surface area contributed by atoms with Crippen LogP contribution in [0.4, 0.5) is 0 Å². The standard InChI is InChI=1S/C23H27N3OS/c1-23(2,3)20-16-28-21(24-20)15-25-10-12-26(13-11-25)22(27)19-9-8-17-6-4-5-7-18(17)14-19/h4-9,14,16H,10-13,15H2,1-3H3. The van der Waals surface area contributed by atoms with Gasteiger partial charge in [0, 0.05) is 42.5 Å². The number of hydrogen-bond donors (Lipinski definition) is 0. The number of carbonyl (C=O) groups is 1. The zero-order valence-corrected chi connectivity index (χ0v) is 17.6. The molecule has 0 spiro atoms. The molecular weight excluding hydrogens is 366 g/mol. The average Bonchev–Trinajstić information content (AvgIpc) is 3.17. The highest BCUT2D eigenvalue weighted by Crippen LogP contribution is 2.25. The summed E-state index contributed by atoms with van der Waals surface area (Å²) >= 11 is 1.74. The largest absolute Gasteiger partial charge is 0.336 e. The summed E-state index contributed by atoms with van der Waals surface area (Å²) in [4.78, 5) is 22.1. The molecule has 1 aromatic heterocycles. The second-order valence-electron chi connectivity index (χ2n) is 8.51. The van der Waals surface area contributed by atoms with Gasteiger partial charge in [0.2, 0.25) is 0 Å². The predicted molar refractivity (Wildman–Crippen MR) is 116 cm³/mol. The monoisotopic (exact) mass is 393 g/mol. The molecule has 0 unspecified atom stereocenters. The lowest BCUT2D eigenvalue weighted by Crippen LogP contribution is -2.48. The SMILES string of the molecule is CC(C)(C)c1csc(CN2CCN(C(=O)c3ccc4ccccc4c3)CC2)n1. The van der Waals surface area contributed by atoms with Crippen LogP contribution in [0, 0.1) is 0 Å². The molecule has 1 amide bonds. The molecule has 4 rings (SSSR count). The maximum atomic E-state index is 12.9. The first kappa shape index (κ1) is 19.1. The molecule has 5 heteroatoms. The number of aromatic nitrogens is 1. The van der Waals surface area contributed by atoms with Gasteiger partial charge in [-0.2, -0.15) is 0 Å². The molecule has 2 heterocycles. The number of fused-ring (bicyclic) bond motifs is 1. The Hall–Kier alpha value is -2.24. The molecule has 0 aliphatic carbocycles. The minimum absolute atomic E-state index is 0.0969. The summed E-state index contributed by atoms with van der Waals surface area (Å²) < 4.78 is 0. The van der Waals surface area contributed by atoms with Gasteiger partial charge in [0.25, 0.3) is 5.91 Å². The fourth-order valence-corrected chi connectivity index (χ4v) is 4.60. The van der Waals surface area contributed by atoms with Crippen LogP contribution in [0.5, 0.6) is 0 Å². The van der Waals surface area contributed by atoms with Crippen LogP contribution in [0.2, 0.25) is 0 Å². The van der Waals surface area contributed by atoms with Gasteiger partial charge in [-0.05, 0) is 22.9 Å². The Bertz CT molecular complexity index is 981. The van der Waals surface area contributed by atoms with Gasteiger partial charge in [-0.25, -0.2) is 4.98 Å². The molecule has 0 bridgehead atoms. The summed E-state index contributed by atoms with van der Waals surface area (Å²) in [6.07, 6.45) is 0. The van der Waals surface area contributed by atoms with Crippen molar-refractivity contribution < 1.29 is 4.79 Å². The van der Waals surface area contributed by atoms with Gasteiger partial charge in [0.05, 0.1) is 12.2 Å². The first-order chi connectivity index (χ1) is 13.4. The van der Waals surface area contributed by atoms with Gasteiger partial charge in [-0.15, -0.1) is 11.3 Å². The zero-order chi connectivity index (χ0) is 19.7. The van der Waals surface area contributed by atoms with Crippen LogP contribution in [0.15, 0.2) is 47.8 Å². The minimum atomic E-state index is 0.0969. The van der Waals surface area contributed by atoms with E-state index in [0.717, 1.165) is 49.4 Å². The quantitative estimate of drug-likeness (QED) is 0.655. The molecule has 1 fully saturated rings. The van der Waals surface area contributed by atoms with E-state index in [1.54, 1.807) is 11.3 Å². The van der Waals surface area contributed by atoms with Crippen LogP contribution in [0.3, 0.4) is 0 Å². The fourth-order valence-electron chi connectivity index (χ4n) is 3.53. The summed E-state index contributed by atoms with van der Waals surface area (Å²) in [5, 5.41) is 5.63. The lowest BCUT2D eigenvalue weighted by molar-refractivity contribution is 0.0628. The molecule has 1 aliphatic heterocycles. The van der Waals surface area contributed by atoms with E-state index in [2.05, 4.69) is 43.2 Å². The summed E-state index contributed by atoms with van der Waals surface area (Å²) in [7, 11) is 0. The lowest BCUT2D eigenvalue weighted by atomic mass is 9.93. The van der Waals surface area contributed by atoms with Crippen molar-refractivity contribution in [2.24, 2.45) is 0 Å². The number of piperazine rings is 1. The van der Waals surface area contributed by atoms with E-state index in [4.69, 9.17) is 4.98 Å². The van der Waals surface area contributed by atoms with Crippen LogP contribution in [0.1, 0.15) is 41.8 Å². The van der Waals surface area contributed by atoms with Crippen molar-refractivity contribution in [3.8, 4) is 0 Å². The second kappa shape index (κ2) is 7.64. The molecule has 28 heavy (non-hydrogen) atoms. The van der Waals surface area contributed by atoms with E-state index in [1.807, 2.05) is 35.2 Å². The van der Waals surface area contributed by atoms with Crippen LogP contribution in [0.25, 0.3) is 10.8 Å². The van der Waals surface area contributed by atoms with Crippen molar-refractivity contribution >= 4 is 28.0 Å². The number of carbonyl (C=O) groups excluding carboxylic acids is 1. The van der Waals surface area contributed by atoms with Crippen LogP contribution < -0.4 is 0 Å². The topological polar surface area (TPSA) is 36.4 Å². The Morgan fingerprint density at radius 1 is 1.04 bits per heavy atom. The second-order valence-corrected chi connectivity index (χ2v) is 9.45. The molecular formula is C23H27N3OS. The smallest absolute Gasteiger partial charge is 0.253 e. The minimum Gasteiger partial charge on any atom is -0.336 e. The van der Waals surface area contributed by atoms with E-state index >= 15 is 0 Å². The third-order valence-electron chi connectivity index (χ3n) is 5.33. The van der Waals surface area contributed by atoms with Crippen molar-refractivity contribution in [1.82, 2.24) is 14.8 Å². The number of rotatable bonds is 3. The Kier molecular flexibility index (Phi) is 5.21. The van der Waals surface area contributed by atoms with E-state index < -0.39 is 0 Å². The Balaban J connectivity index is 1.36. The molecule has 0 radical (unpaired) electrons. The van der Waals surface area contributed by atoms with Crippen molar-refractivity contribution in [1.29, 1.82) is 0 Å². The van der Waals surface area contributed by atoms with Crippen LogP contribution >= 0.6 is 11.3 Å². The number of nitrogens with zero attached hydrogens (tertiary/aromatic N) is 3. The van der Waals surface area contributed by atoms with Gasteiger partial charge >= 0.3 is 0 Å². The highest BCUT2D eigenvalue weighted by molar-refractivity contribution is 7.09. The number of thiazole rings is 1. The van der Waals surface area contributed by atoms with Crippen LogP contribution in [-0.4, -0.2) is 46.9 Å². The summed E-state index contributed by atoms with van der Waals surface area (Å²) in [6.45, 7) is 10.8. The number of amides is 1. The predicted octanol–water partition coefficient (Wildman–Crippen LogP) is 4.55. The summed E-state index contributed by atoms with van der Waals surface area (Å²) in [6, 6.07) is 14.2. The first-order valence-corrected chi connectivity index (χ1v) is 10.7. The molecule has 0 saturated carbocycles. The maximum absolute atomic E-state index is 12.9. The molecule has 146 valence electrons. The molecule has 4 nitrogen and oxygen atoms in total. The van der Waals surface area contributed by atoms with Gasteiger partial charge in [0.15, 0.2) is 0 Å². The van der Waals surface area contributed by atoms with E-state index in [9.17, 15) is 4.79 Å². The molecule has 0 N–H and O–H groups in total. The fraction of sp³-hybridized carbons (Fsp3) is 0.391. The van der Waals surface area contributed by atoms with E-state index in [1.165, 1.54) is 10.4 Å². The third kappa shape index (κ3) is 4.10. The van der Waals surface area contributed by atoms with Gasteiger partial charge < -0.3 is 4.90 Å². The Morgan fingerprint density at radius 3 is 2.43 bits per heavy atom. The van der Waals surface area contributed by atoms with Crippen molar-refractivity contribution in [2.45, 2.75) is 32.7 Å². The lowest BCUT2D eigenvalue weighted by Gasteiger charge is -2.34. The number of hydrogen-bond acceptors (Lipinski definition) is 4. The average molecular weight is 394 g/mol. The van der Waals surface area contributed by atoms with Gasteiger partial charge in [-0.3, -0.25) is 9.69 Å². The van der Waals surface area contributed by atoms with Crippen molar-refractivity contribution in [3.05, 3.63) is 64.1 Å². The van der Waals surface area contributed by atoms with E-state index in [-0.39, 0.29) is 11.3 Å². The summed E-state index contributed by atoms with van der Waals surface area (Å²) in [5.74, 6) is 0.134. The molecule has 0 atom stereocenters. The van der Waals surface area contributed by atoms with Crippen molar-refractivity contribution in [3.63, 3.8) is 0 Å². The number of benzene rings is 2. The molecule has 2 aromatic carbocycles. The van der Waals surface area contributed by atoms with Gasteiger partial charge in [-0.1, -0.05) is 51.1 Å². The van der Waals surface area contributed by atoms with Crippen LogP contribution in [-0.2, 0) is 12.0 Å². The van der Waals surface area contributed by atoms with Crippen molar-refractivity contribution in [2.75, 3.05) is 26.2 Å². The highest BCUT2D eigenvalue weighted by atomic mass is 32.1. The highest BCUT2D eigenvalue weighted by Gasteiger charge is 2.24. The maximum Gasteiger partial charge on any atom is 0.253 e. The zero-order valence-electron chi connectivity index (χ0n) is 16.8. The van der Waals surface area contributed by atoms with E-state index in [0.29, 0.717) is 0 Å². The molecule has 1 saturated heterocycles. The third-order valence-corrected chi connectivity index (χ3v) is 6.17. The first-order valence-electron chi connectivity index (χ1n) is 9.85. The Labute approximate surface area is 170 Å². The Morgan fingerprint density at radius 2 is 1.75 bits per heavy atom. The normalized spacial score (nSPS) is 15.9.